The van der Waals surface area contributed by atoms with Crippen LogP contribution in [0.25, 0.3) is 44.0 Å². The molecule has 0 unspecified atom stereocenters. The molecule has 0 bridgehead atoms. The van der Waals surface area contributed by atoms with Crippen molar-refractivity contribution < 1.29 is 4.42 Å². The molecule has 11 rings (SSSR count). The van der Waals surface area contributed by atoms with Crippen LogP contribution in [0.15, 0.2) is 160 Å². The first-order valence-electron chi connectivity index (χ1n) is 17.7. The van der Waals surface area contributed by atoms with Crippen molar-refractivity contribution in [1.29, 1.82) is 0 Å². The summed E-state index contributed by atoms with van der Waals surface area (Å²) in [6.07, 6.45) is 0. The molecule has 3 nitrogen and oxygen atoms in total. The van der Waals surface area contributed by atoms with E-state index in [0.29, 0.717) is 0 Å². The Balaban J connectivity index is 1.32. The van der Waals surface area contributed by atoms with Crippen molar-refractivity contribution in [2.24, 2.45) is 0 Å². The van der Waals surface area contributed by atoms with Crippen molar-refractivity contribution in [2.45, 2.75) is 36.0 Å². The highest BCUT2D eigenvalue weighted by Gasteiger charge is 2.50. The molecule has 0 aliphatic carbocycles. The molecular formula is C46H33BN2OS. The second-order valence-electron chi connectivity index (χ2n) is 14.9. The normalized spacial score (nSPS) is 14.0. The number of anilines is 5. The minimum absolute atomic E-state index is 0.0111. The van der Waals surface area contributed by atoms with E-state index in [1.807, 2.05) is 11.8 Å². The van der Waals surface area contributed by atoms with Crippen molar-refractivity contribution >= 4 is 79.9 Å². The summed E-state index contributed by atoms with van der Waals surface area (Å²) >= 11 is 1.88. The van der Waals surface area contributed by atoms with Gasteiger partial charge >= 0.3 is 6.85 Å². The van der Waals surface area contributed by atoms with Gasteiger partial charge in [0, 0.05) is 43.1 Å². The Morgan fingerprint density at radius 3 is 2.20 bits per heavy atom. The largest absolute Gasteiger partial charge is 0.440 e. The lowest BCUT2D eigenvalue weighted by atomic mass is 9.43. The van der Waals surface area contributed by atoms with Gasteiger partial charge in [0.1, 0.15) is 5.58 Å². The van der Waals surface area contributed by atoms with Crippen LogP contribution in [0.3, 0.4) is 0 Å². The molecule has 5 heteroatoms. The molecule has 0 N–H and O–H groups in total. The van der Waals surface area contributed by atoms with Gasteiger partial charge in [0.05, 0.1) is 11.4 Å². The molecule has 51 heavy (non-hydrogen) atoms. The van der Waals surface area contributed by atoms with E-state index in [-0.39, 0.29) is 12.3 Å². The zero-order chi connectivity index (χ0) is 34.0. The Bertz CT molecular complexity index is 2740. The summed E-state index contributed by atoms with van der Waals surface area (Å²) in [5.74, 6) is 0.882. The van der Waals surface area contributed by atoms with Crippen LogP contribution < -0.4 is 20.6 Å². The van der Waals surface area contributed by atoms with Gasteiger partial charge in [-0.25, -0.2) is 0 Å². The third-order valence-electron chi connectivity index (χ3n) is 11.0. The Labute approximate surface area is 302 Å². The van der Waals surface area contributed by atoms with Gasteiger partial charge in [-0.3, -0.25) is 4.90 Å². The van der Waals surface area contributed by atoms with E-state index in [9.17, 15) is 0 Å². The van der Waals surface area contributed by atoms with Crippen LogP contribution >= 0.6 is 11.8 Å². The standard InChI is InChI=1S/C46H33BN2OS/c1-46(2,3)30-24-25-35(34(27-30)28-14-5-4-6-15-28)48-37-26-29-16-7-8-17-31(29)41-33-19-13-23-40-44(33)49(36-20-10-12-22-39(36)51-40)47(43(37)41)42-32-18-9-11-21-38(32)50-45(42)48/h4-27H,1-3H3. The molecule has 0 atom stereocenters. The lowest BCUT2D eigenvalue weighted by Crippen LogP contribution is -2.61. The zero-order valence-electron chi connectivity index (χ0n) is 28.6. The number of nitrogens with zero attached hydrogens (tertiary/aromatic N) is 2. The SMILES string of the molecule is CC(C)(C)c1ccc(N2c3cc4ccccc4c4c3B(c3c2oc2ccccc32)N2c3ccccc3Sc3cccc-4c32)c(-c2ccccc2)c1. The van der Waals surface area contributed by atoms with Crippen molar-refractivity contribution in [3.63, 3.8) is 0 Å². The van der Waals surface area contributed by atoms with Crippen LogP contribution in [-0.4, -0.2) is 6.85 Å². The third kappa shape index (κ3) is 4.04. The molecule has 3 aliphatic heterocycles. The lowest BCUT2D eigenvalue weighted by Gasteiger charge is -2.47. The predicted octanol–water partition coefficient (Wildman–Crippen LogP) is 11.7. The summed E-state index contributed by atoms with van der Waals surface area (Å²) < 4.78 is 7.12. The molecule has 8 aromatic rings. The first-order chi connectivity index (χ1) is 25.0. The second kappa shape index (κ2) is 10.4. The zero-order valence-corrected chi connectivity index (χ0v) is 29.5. The molecule has 1 aromatic heterocycles. The molecule has 4 heterocycles. The number of hydrogen-bond donors (Lipinski definition) is 0. The molecule has 242 valence electrons. The van der Waals surface area contributed by atoms with Gasteiger partial charge < -0.3 is 9.23 Å². The fourth-order valence-electron chi connectivity index (χ4n) is 8.69. The number of furan rings is 1. The van der Waals surface area contributed by atoms with Gasteiger partial charge in [-0.2, -0.15) is 0 Å². The van der Waals surface area contributed by atoms with Crippen LogP contribution in [0.4, 0.5) is 28.6 Å². The second-order valence-corrected chi connectivity index (χ2v) is 16.0. The Kier molecular flexibility index (Phi) is 5.96. The summed E-state index contributed by atoms with van der Waals surface area (Å²) in [7, 11) is 0. The molecule has 0 radical (unpaired) electrons. The summed E-state index contributed by atoms with van der Waals surface area (Å²) in [5, 5.41) is 3.65. The number of para-hydroxylation sites is 3. The highest BCUT2D eigenvalue weighted by molar-refractivity contribution is 7.99. The van der Waals surface area contributed by atoms with Crippen LogP contribution in [0.5, 0.6) is 0 Å². The fourth-order valence-corrected chi connectivity index (χ4v) is 9.79. The van der Waals surface area contributed by atoms with Crippen LogP contribution in [0, 0.1) is 0 Å². The highest BCUT2D eigenvalue weighted by Crippen LogP contribution is 2.57. The Morgan fingerprint density at radius 1 is 0.588 bits per heavy atom. The van der Waals surface area contributed by atoms with Gasteiger partial charge in [-0.05, 0) is 80.8 Å². The first kappa shape index (κ1) is 29.1. The summed E-state index contributed by atoms with van der Waals surface area (Å²) in [5.41, 5.74) is 14.5. The minimum atomic E-state index is -0.0979. The molecular weight excluding hydrogens is 639 g/mol. The van der Waals surface area contributed by atoms with Gasteiger partial charge in [0.2, 0.25) is 5.88 Å². The van der Waals surface area contributed by atoms with Gasteiger partial charge in [-0.1, -0.05) is 136 Å². The van der Waals surface area contributed by atoms with Crippen molar-refractivity contribution in [1.82, 2.24) is 0 Å². The van der Waals surface area contributed by atoms with Crippen LogP contribution in [-0.2, 0) is 5.41 Å². The van der Waals surface area contributed by atoms with E-state index in [1.165, 1.54) is 70.7 Å². The average Bonchev–Trinajstić information content (AvgIpc) is 3.54. The number of hydrogen-bond acceptors (Lipinski definition) is 4. The topological polar surface area (TPSA) is 19.6 Å². The number of benzene rings is 7. The molecule has 0 saturated carbocycles. The van der Waals surface area contributed by atoms with E-state index >= 15 is 0 Å². The van der Waals surface area contributed by atoms with Crippen LogP contribution in [0.2, 0.25) is 0 Å². The molecule has 7 aromatic carbocycles. The maximum absolute atomic E-state index is 7.12. The number of rotatable bonds is 2. The number of fused-ring (bicyclic) bond motifs is 10. The highest BCUT2D eigenvalue weighted by atomic mass is 32.2. The van der Waals surface area contributed by atoms with Gasteiger partial charge in [-0.15, -0.1) is 0 Å². The predicted molar refractivity (Wildman–Crippen MR) is 216 cm³/mol. The van der Waals surface area contributed by atoms with Gasteiger partial charge in [0.15, 0.2) is 0 Å². The van der Waals surface area contributed by atoms with E-state index in [4.69, 9.17) is 4.42 Å². The average molecular weight is 673 g/mol. The van der Waals surface area contributed by atoms with Gasteiger partial charge in [0.25, 0.3) is 0 Å². The van der Waals surface area contributed by atoms with Crippen molar-refractivity contribution in [3.05, 3.63) is 151 Å². The van der Waals surface area contributed by atoms with E-state index in [1.54, 1.807) is 0 Å². The fraction of sp³-hybridized carbons (Fsp3) is 0.0870. The van der Waals surface area contributed by atoms with Crippen molar-refractivity contribution in [3.8, 4) is 22.3 Å². The van der Waals surface area contributed by atoms with E-state index in [0.717, 1.165) is 28.2 Å². The maximum atomic E-state index is 7.12. The smallest absolute Gasteiger partial charge is 0.337 e. The monoisotopic (exact) mass is 672 g/mol. The molecule has 0 saturated heterocycles. The molecule has 3 aliphatic rings. The maximum Gasteiger partial charge on any atom is 0.337 e. The molecule has 0 spiro atoms. The summed E-state index contributed by atoms with van der Waals surface area (Å²) in [6, 6.07) is 53.5. The molecule has 0 fully saturated rings. The first-order valence-corrected chi connectivity index (χ1v) is 18.5. The minimum Gasteiger partial charge on any atom is -0.440 e. The summed E-state index contributed by atoms with van der Waals surface area (Å²) in [6.45, 7) is 6.78. The summed E-state index contributed by atoms with van der Waals surface area (Å²) in [4.78, 5) is 7.61. The van der Waals surface area contributed by atoms with Crippen molar-refractivity contribution in [2.75, 3.05) is 9.71 Å². The third-order valence-corrected chi connectivity index (χ3v) is 12.1. The molecule has 0 amide bonds. The van der Waals surface area contributed by atoms with E-state index < -0.39 is 0 Å². The van der Waals surface area contributed by atoms with Crippen LogP contribution in [0.1, 0.15) is 26.3 Å². The Morgan fingerprint density at radius 2 is 1.33 bits per heavy atom. The quantitative estimate of drug-likeness (QED) is 0.170. The van der Waals surface area contributed by atoms with E-state index in [2.05, 4.69) is 176 Å². The Hall–Kier alpha value is -5.65. The lowest BCUT2D eigenvalue weighted by molar-refractivity contribution is 0.590.